The van der Waals surface area contributed by atoms with E-state index in [0.29, 0.717) is 30.4 Å². The third-order valence-corrected chi connectivity index (χ3v) is 4.65. The molecule has 3 aromatic carbocycles. The van der Waals surface area contributed by atoms with Gasteiger partial charge in [-0.2, -0.15) is 8.42 Å². The number of aromatic amines is 1. The van der Waals surface area contributed by atoms with Crippen LogP contribution in [-0.2, 0) is 22.9 Å². The van der Waals surface area contributed by atoms with Crippen molar-refractivity contribution in [3.63, 3.8) is 0 Å². The quantitative estimate of drug-likeness (QED) is 0.370. The molecular weight excluding hydrogens is 442 g/mol. The molecule has 7 nitrogen and oxygen atoms in total. The lowest BCUT2D eigenvalue weighted by Crippen LogP contribution is -2.04. The predicted octanol–water partition coefficient (Wildman–Crippen LogP) is 5.35. The number of hydrogen-bond acceptors (Lipinski definition) is 6. The maximum absolute atomic E-state index is 12.2. The van der Waals surface area contributed by atoms with Crippen molar-refractivity contribution >= 4 is 28.4 Å². The van der Waals surface area contributed by atoms with Gasteiger partial charge in [-0.05, 0) is 43.7 Å². The number of aryl methyl sites for hydroxylation is 1. The molecule has 4 rings (SSSR count). The van der Waals surface area contributed by atoms with Gasteiger partial charge in [0.1, 0.15) is 29.5 Å². The van der Waals surface area contributed by atoms with Gasteiger partial charge in [-0.3, -0.25) is 0 Å². The summed E-state index contributed by atoms with van der Waals surface area (Å²) in [6.07, 6.45) is 0. The highest BCUT2D eigenvalue weighted by atomic mass is 32.1. The van der Waals surface area contributed by atoms with Crippen LogP contribution in [0.15, 0.2) is 72.8 Å². The van der Waals surface area contributed by atoms with E-state index >= 15 is 0 Å². The Hall–Kier alpha value is -3.91. The van der Waals surface area contributed by atoms with Gasteiger partial charge in [0, 0.05) is 11.5 Å². The second-order valence-corrected chi connectivity index (χ2v) is 7.18. The number of rotatable bonds is 7. The molecule has 0 radical (unpaired) electrons. The summed E-state index contributed by atoms with van der Waals surface area (Å²) in [5, 5.41) is 0.811. The third kappa shape index (κ3) is 6.54. The molecule has 8 heteroatoms. The van der Waals surface area contributed by atoms with Crippen molar-refractivity contribution in [1.29, 1.82) is 0 Å². The second-order valence-electron chi connectivity index (χ2n) is 7.05. The highest BCUT2D eigenvalue weighted by Gasteiger charge is 2.15. The molecular formula is C25H23NO6S. The van der Waals surface area contributed by atoms with Crippen LogP contribution in [0.25, 0.3) is 10.9 Å². The molecule has 170 valence electrons. The Kier molecular flexibility index (Phi) is 8.37. The summed E-state index contributed by atoms with van der Waals surface area (Å²) in [5.74, 6) is 1.57. The Morgan fingerprint density at radius 3 is 2.30 bits per heavy atom. The highest BCUT2D eigenvalue weighted by molar-refractivity contribution is 7.51. The van der Waals surface area contributed by atoms with Gasteiger partial charge in [0.2, 0.25) is 0 Å². The monoisotopic (exact) mass is 465 g/mol. The molecule has 33 heavy (non-hydrogen) atoms. The van der Waals surface area contributed by atoms with E-state index in [1.165, 1.54) is 0 Å². The molecule has 0 saturated heterocycles. The fraction of sp³-hybridized carbons (Fsp3) is 0.160. The molecule has 0 fully saturated rings. The average molecular weight is 466 g/mol. The molecule has 1 aromatic heterocycles. The van der Waals surface area contributed by atoms with Crippen LogP contribution in [0.3, 0.4) is 0 Å². The lowest BCUT2D eigenvalue weighted by molar-refractivity contribution is 0.0520. The second kappa shape index (κ2) is 11.6. The van der Waals surface area contributed by atoms with E-state index in [-0.39, 0.29) is 0 Å². The van der Waals surface area contributed by atoms with Crippen LogP contribution in [0.2, 0.25) is 0 Å². The maximum atomic E-state index is 12.2. The zero-order valence-corrected chi connectivity index (χ0v) is 19.0. The van der Waals surface area contributed by atoms with E-state index in [2.05, 4.69) is 4.98 Å². The van der Waals surface area contributed by atoms with Gasteiger partial charge in [0.15, 0.2) is 0 Å². The molecule has 0 bridgehead atoms. The molecule has 1 N–H and O–H groups in total. The Morgan fingerprint density at radius 2 is 1.64 bits per heavy atom. The van der Waals surface area contributed by atoms with E-state index < -0.39 is 17.5 Å². The lowest BCUT2D eigenvalue weighted by atomic mass is 10.2. The molecule has 0 aliphatic heterocycles. The molecule has 0 aliphatic carbocycles. The minimum Gasteiger partial charge on any atom is -0.487 e. The number of H-pyrrole nitrogens is 1. The van der Waals surface area contributed by atoms with Crippen molar-refractivity contribution in [3.8, 4) is 17.2 Å². The van der Waals surface area contributed by atoms with E-state index in [1.807, 2.05) is 73.7 Å². The first-order chi connectivity index (χ1) is 16.0. The molecule has 0 aliphatic rings. The van der Waals surface area contributed by atoms with Crippen molar-refractivity contribution in [2.75, 3.05) is 6.61 Å². The molecule has 0 saturated carbocycles. The lowest BCUT2D eigenvalue weighted by Gasteiger charge is -2.11. The predicted molar refractivity (Wildman–Crippen MR) is 125 cm³/mol. The third-order valence-electron chi connectivity index (χ3n) is 4.65. The molecule has 0 atom stereocenters. The summed E-state index contributed by atoms with van der Waals surface area (Å²) in [7, 11) is 0. The number of esters is 1. The number of nitrogens with one attached hydrogen (secondary N) is 1. The summed E-state index contributed by atoms with van der Waals surface area (Å²) in [6, 6.07) is 23.2. The van der Waals surface area contributed by atoms with Crippen molar-refractivity contribution in [2.45, 2.75) is 20.5 Å². The Morgan fingerprint density at radius 1 is 0.939 bits per heavy atom. The maximum Gasteiger partial charge on any atom is 0.354 e. The number of aromatic nitrogens is 1. The van der Waals surface area contributed by atoms with Crippen LogP contribution in [0.5, 0.6) is 17.2 Å². The first-order valence-electron chi connectivity index (χ1n) is 10.2. The van der Waals surface area contributed by atoms with Crippen LogP contribution >= 0.6 is 0 Å². The van der Waals surface area contributed by atoms with Crippen LogP contribution in [0.4, 0.5) is 0 Å². The average Bonchev–Trinajstić information content (AvgIpc) is 3.25. The summed E-state index contributed by atoms with van der Waals surface area (Å²) < 4.78 is 33.8. The first-order valence-corrected chi connectivity index (χ1v) is 10.9. The Labute approximate surface area is 194 Å². The van der Waals surface area contributed by atoms with Gasteiger partial charge in [-0.1, -0.05) is 48.0 Å². The van der Waals surface area contributed by atoms with Crippen LogP contribution in [0.1, 0.15) is 28.5 Å². The van der Waals surface area contributed by atoms with Gasteiger partial charge >= 0.3 is 17.5 Å². The van der Waals surface area contributed by atoms with Crippen molar-refractivity contribution in [2.24, 2.45) is 0 Å². The number of carbonyl (C=O) groups is 1. The molecule has 0 spiro atoms. The number of fused-ring (bicyclic) bond motifs is 1. The van der Waals surface area contributed by atoms with Crippen LogP contribution in [0, 0.1) is 6.92 Å². The number of hydrogen-bond donors (Lipinski definition) is 1. The normalized spacial score (nSPS) is 10.1. The van der Waals surface area contributed by atoms with E-state index in [9.17, 15) is 4.79 Å². The van der Waals surface area contributed by atoms with Crippen molar-refractivity contribution in [1.82, 2.24) is 4.98 Å². The molecule has 4 aromatic rings. The van der Waals surface area contributed by atoms with Gasteiger partial charge in [-0.15, -0.1) is 0 Å². The summed E-state index contributed by atoms with van der Waals surface area (Å²) in [6.45, 7) is 4.52. The topological polar surface area (TPSA) is 94.7 Å². The highest BCUT2D eigenvalue weighted by Crippen LogP contribution is 2.34. The van der Waals surface area contributed by atoms with Gasteiger partial charge in [0.05, 0.1) is 12.1 Å². The van der Waals surface area contributed by atoms with Crippen LogP contribution in [-0.4, -0.2) is 26.0 Å². The number of ether oxygens (including phenoxy) is 3. The summed E-state index contributed by atoms with van der Waals surface area (Å²) in [5.41, 5.74) is 3.32. The number of benzene rings is 3. The van der Waals surface area contributed by atoms with E-state index in [1.54, 1.807) is 13.0 Å². The summed E-state index contributed by atoms with van der Waals surface area (Å²) in [4.78, 5) is 15.3. The van der Waals surface area contributed by atoms with Gasteiger partial charge in [-0.25, -0.2) is 4.79 Å². The smallest absolute Gasteiger partial charge is 0.354 e. The van der Waals surface area contributed by atoms with E-state index in [0.717, 1.165) is 27.8 Å². The fourth-order valence-corrected chi connectivity index (χ4v) is 3.15. The zero-order chi connectivity index (χ0) is 23.6. The van der Waals surface area contributed by atoms with E-state index in [4.69, 9.17) is 22.6 Å². The van der Waals surface area contributed by atoms with Gasteiger partial charge in [0.25, 0.3) is 0 Å². The van der Waals surface area contributed by atoms with Gasteiger partial charge < -0.3 is 19.2 Å². The van der Waals surface area contributed by atoms with Crippen molar-refractivity contribution in [3.05, 3.63) is 89.6 Å². The molecule has 0 amide bonds. The summed E-state index contributed by atoms with van der Waals surface area (Å²) >= 11 is -0.750. The van der Waals surface area contributed by atoms with Crippen LogP contribution < -0.4 is 9.47 Å². The first kappa shape index (κ1) is 23.7. The Balaban J connectivity index is 0.000000968. The number of carbonyl (C=O) groups excluding carboxylic acids is 1. The zero-order valence-electron chi connectivity index (χ0n) is 18.2. The fourth-order valence-electron chi connectivity index (χ4n) is 3.15. The molecule has 0 unspecified atom stereocenters. The Bertz CT molecular complexity index is 1250. The standard InChI is InChI=1S/C25H23NO4.O2S/c1-3-28-25(27)22-14-19-13-21(30-20-11-9-17(2)10-12-20)15-23(24(19)26-22)29-16-18-7-5-4-6-8-18;1-3-2/h4-15,26H,3,16H2,1-2H3;. The largest absolute Gasteiger partial charge is 0.487 e. The molecule has 1 heterocycles. The minimum absolute atomic E-state index is 0.313. The SMILES string of the molecule is CCOC(=O)c1cc2cc(Oc3ccc(C)cc3)cc(OCc3ccccc3)c2[nH]1.O=S=O. The minimum atomic E-state index is -0.750. The van der Waals surface area contributed by atoms with Crippen molar-refractivity contribution < 1.29 is 27.4 Å².